The van der Waals surface area contributed by atoms with E-state index in [2.05, 4.69) is 218 Å². The van der Waals surface area contributed by atoms with Crippen LogP contribution in [0.3, 0.4) is 0 Å². The lowest BCUT2D eigenvalue weighted by Gasteiger charge is -2.25. The molecule has 0 bridgehead atoms. The van der Waals surface area contributed by atoms with Crippen molar-refractivity contribution < 1.29 is 9.30 Å². The molecule has 9 rings (SSSR count). The Balaban J connectivity index is 1.24. The molecular formula is C57H56N5O+. The van der Waals surface area contributed by atoms with Crippen LogP contribution in [0.1, 0.15) is 95.7 Å². The topological polar surface area (TPSA) is 59.6 Å². The van der Waals surface area contributed by atoms with Gasteiger partial charge in [-0.15, -0.1) is 0 Å². The van der Waals surface area contributed by atoms with Gasteiger partial charge in [-0.2, -0.15) is 14.4 Å². The van der Waals surface area contributed by atoms with E-state index in [0.717, 1.165) is 78.0 Å². The predicted molar refractivity (Wildman–Crippen MR) is 259 cm³/mol. The average molecular weight is 827 g/mol. The summed E-state index contributed by atoms with van der Waals surface area (Å²) in [6, 6.07) is 47.6. The van der Waals surface area contributed by atoms with Gasteiger partial charge < -0.3 is 4.74 Å². The van der Waals surface area contributed by atoms with Crippen molar-refractivity contribution in [3.63, 3.8) is 0 Å². The molecule has 0 unspecified atom stereocenters. The second-order valence-corrected chi connectivity index (χ2v) is 20.2. The zero-order valence-corrected chi connectivity index (χ0v) is 38.4. The Labute approximate surface area is 371 Å². The van der Waals surface area contributed by atoms with E-state index in [1.807, 2.05) is 18.3 Å². The number of para-hydroxylation sites is 3. The van der Waals surface area contributed by atoms with Crippen molar-refractivity contribution in [3.05, 3.63) is 173 Å². The summed E-state index contributed by atoms with van der Waals surface area (Å²) in [6.07, 6.45) is 4.12. The van der Waals surface area contributed by atoms with Gasteiger partial charge in [0.25, 0.3) is 6.33 Å². The normalized spacial score (nSPS) is 12.3. The summed E-state index contributed by atoms with van der Waals surface area (Å²) in [4.78, 5) is 4.91. The zero-order valence-electron chi connectivity index (χ0n) is 38.4. The van der Waals surface area contributed by atoms with Gasteiger partial charge in [-0.3, -0.25) is 4.57 Å². The summed E-state index contributed by atoms with van der Waals surface area (Å²) in [6.45, 7) is 24.6. The molecule has 6 aromatic carbocycles. The van der Waals surface area contributed by atoms with Crippen molar-refractivity contribution in [2.75, 3.05) is 0 Å². The molecular weight excluding hydrogens is 771 g/mol. The summed E-state index contributed by atoms with van der Waals surface area (Å²) < 4.78 is 13.8. The van der Waals surface area contributed by atoms with E-state index in [1.54, 1.807) is 0 Å². The molecule has 63 heavy (non-hydrogen) atoms. The van der Waals surface area contributed by atoms with Crippen LogP contribution in [0.5, 0.6) is 11.5 Å². The lowest BCUT2D eigenvalue weighted by Crippen LogP contribution is -2.31. The van der Waals surface area contributed by atoms with Crippen LogP contribution in [0.4, 0.5) is 0 Å². The van der Waals surface area contributed by atoms with Gasteiger partial charge in [0.15, 0.2) is 11.0 Å². The summed E-state index contributed by atoms with van der Waals surface area (Å²) in [5.41, 5.74) is 14.9. The Morgan fingerprint density at radius 3 is 1.89 bits per heavy atom. The number of hydrogen-bond acceptors (Lipinski definition) is 3. The fourth-order valence-corrected chi connectivity index (χ4v) is 8.95. The van der Waals surface area contributed by atoms with Gasteiger partial charge in [-0.1, -0.05) is 98.7 Å². The van der Waals surface area contributed by atoms with Crippen molar-refractivity contribution in [1.82, 2.24) is 14.1 Å². The smallest absolute Gasteiger partial charge is 0.255 e. The molecule has 6 heteroatoms. The molecule has 0 amide bonds. The lowest BCUT2D eigenvalue weighted by atomic mass is 9.80. The predicted octanol–water partition coefficient (Wildman–Crippen LogP) is 14.2. The first kappa shape index (κ1) is 41.4. The molecule has 9 aromatic rings. The van der Waals surface area contributed by atoms with Gasteiger partial charge in [-0.05, 0) is 148 Å². The number of fused-ring (bicyclic) bond motifs is 4. The molecule has 0 aliphatic rings. The highest BCUT2D eigenvalue weighted by Crippen LogP contribution is 2.39. The minimum absolute atomic E-state index is 0.0311. The van der Waals surface area contributed by atoms with E-state index >= 15 is 0 Å². The highest BCUT2D eigenvalue weighted by molar-refractivity contribution is 6.09. The first-order valence-corrected chi connectivity index (χ1v) is 21.9. The molecule has 0 fully saturated rings. The van der Waals surface area contributed by atoms with Crippen LogP contribution in [-0.4, -0.2) is 14.1 Å². The quantitative estimate of drug-likeness (QED) is 0.157. The van der Waals surface area contributed by atoms with E-state index < -0.39 is 0 Å². The van der Waals surface area contributed by atoms with Crippen molar-refractivity contribution in [2.45, 2.75) is 92.4 Å². The van der Waals surface area contributed by atoms with Crippen LogP contribution in [0.2, 0.25) is 0 Å². The largest absolute Gasteiger partial charge is 0.457 e. The summed E-state index contributed by atoms with van der Waals surface area (Å²) >= 11 is 0. The SMILES string of the molecule is Cc1cc(C#N)cc(C)c1-c1cc(Oc2ccc3c4ccccc4n(-c4cc(C(C)(C)C)ccn4)c3c2)cc(-n2c[n+](-c3cc(C(C)(C)C)cc(C(C)(C)C)c3)c3ccccc32)c1. The van der Waals surface area contributed by atoms with Gasteiger partial charge in [0.1, 0.15) is 28.7 Å². The maximum Gasteiger partial charge on any atom is 0.255 e. The third-order valence-electron chi connectivity index (χ3n) is 12.4. The van der Waals surface area contributed by atoms with E-state index in [4.69, 9.17) is 9.72 Å². The zero-order chi connectivity index (χ0) is 44.6. The van der Waals surface area contributed by atoms with E-state index in [1.165, 1.54) is 16.7 Å². The first-order chi connectivity index (χ1) is 29.9. The number of imidazole rings is 1. The number of hydrogen-bond donors (Lipinski definition) is 0. The molecule has 3 heterocycles. The number of benzene rings is 6. The van der Waals surface area contributed by atoms with Crippen LogP contribution in [-0.2, 0) is 16.2 Å². The number of pyridine rings is 1. The molecule has 0 aliphatic carbocycles. The Hall–Kier alpha value is -6.97. The number of ether oxygens (including phenoxy) is 1. The van der Waals surface area contributed by atoms with Gasteiger partial charge in [0.2, 0.25) is 0 Å². The molecule has 6 nitrogen and oxygen atoms in total. The summed E-state index contributed by atoms with van der Waals surface area (Å²) in [5.74, 6) is 2.29. The molecule has 0 spiro atoms. The number of aromatic nitrogens is 4. The Bertz CT molecular complexity index is 3240. The van der Waals surface area contributed by atoms with Crippen molar-refractivity contribution >= 4 is 32.8 Å². The molecule has 0 atom stereocenters. The van der Waals surface area contributed by atoms with Crippen LogP contribution >= 0.6 is 0 Å². The summed E-state index contributed by atoms with van der Waals surface area (Å²) in [5, 5.41) is 12.1. The second-order valence-electron chi connectivity index (χ2n) is 20.2. The van der Waals surface area contributed by atoms with Crippen molar-refractivity contribution in [2.24, 2.45) is 0 Å². The lowest BCUT2D eigenvalue weighted by molar-refractivity contribution is -0.567. The molecule has 0 saturated carbocycles. The summed E-state index contributed by atoms with van der Waals surface area (Å²) in [7, 11) is 0. The average Bonchev–Trinajstić information content (AvgIpc) is 3.78. The number of nitrogens with zero attached hydrogens (tertiary/aromatic N) is 5. The van der Waals surface area contributed by atoms with Gasteiger partial charge >= 0.3 is 0 Å². The molecule has 0 aliphatic heterocycles. The van der Waals surface area contributed by atoms with Gasteiger partial charge in [-0.25, -0.2) is 4.98 Å². The fraction of sp³-hybridized carbons (Fsp3) is 0.246. The Morgan fingerprint density at radius 1 is 0.587 bits per heavy atom. The van der Waals surface area contributed by atoms with E-state index in [-0.39, 0.29) is 16.2 Å². The standard InChI is InChI=1S/C57H56N5O/c1-36-24-38(34-58)25-37(2)54(36)39-26-43(60-35-61(51-19-15-14-18-50(51)60)44-29-41(56(6,7)8)28-42(30-44)57(9,10)11)32-46(27-39)63-45-20-21-48-47-16-12-13-17-49(47)62(52(48)33-45)53-31-40(22-23-59-53)55(3,4)5/h12-33,35H,1-11H3/q+1. The number of rotatable bonds is 6. The van der Waals surface area contributed by atoms with Crippen LogP contribution in [0.25, 0.3) is 61.2 Å². The minimum atomic E-state index is -0.0325. The molecule has 3 aromatic heterocycles. The second kappa shape index (κ2) is 15.1. The van der Waals surface area contributed by atoms with Crippen molar-refractivity contribution in [1.29, 1.82) is 5.26 Å². The highest BCUT2D eigenvalue weighted by atomic mass is 16.5. The molecule has 0 N–H and O–H groups in total. The molecule has 0 radical (unpaired) electrons. The maximum absolute atomic E-state index is 9.85. The molecule has 314 valence electrons. The van der Waals surface area contributed by atoms with E-state index in [0.29, 0.717) is 11.3 Å². The monoisotopic (exact) mass is 826 g/mol. The Kier molecular flexibility index (Phi) is 9.94. The maximum atomic E-state index is 9.85. The van der Waals surface area contributed by atoms with Crippen molar-refractivity contribution in [3.8, 4) is 45.9 Å². The van der Waals surface area contributed by atoms with Crippen LogP contribution in [0, 0.1) is 25.2 Å². The minimum Gasteiger partial charge on any atom is -0.457 e. The van der Waals surface area contributed by atoms with Gasteiger partial charge in [0.05, 0.1) is 22.7 Å². The van der Waals surface area contributed by atoms with Gasteiger partial charge in [0, 0.05) is 29.1 Å². The Morgan fingerprint density at radius 2 is 1.22 bits per heavy atom. The molecule has 0 saturated heterocycles. The number of nitriles is 1. The van der Waals surface area contributed by atoms with E-state index in [9.17, 15) is 5.26 Å². The highest BCUT2D eigenvalue weighted by Gasteiger charge is 2.26. The van der Waals surface area contributed by atoms with Crippen LogP contribution in [0.15, 0.2) is 140 Å². The third kappa shape index (κ3) is 7.67. The van der Waals surface area contributed by atoms with Crippen LogP contribution < -0.4 is 9.30 Å². The fourth-order valence-electron chi connectivity index (χ4n) is 8.95. The number of aryl methyl sites for hydroxylation is 2. The third-order valence-corrected chi connectivity index (χ3v) is 12.4. The first-order valence-electron chi connectivity index (χ1n) is 21.9.